The fraction of sp³-hybridized carbons (Fsp3) is 0.600. The zero-order valence-electron chi connectivity index (χ0n) is 8.57. The lowest BCUT2D eigenvalue weighted by Crippen LogP contribution is -2.10. The van der Waals surface area contributed by atoms with Gasteiger partial charge in [0.15, 0.2) is 0 Å². The van der Waals surface area contributed by atoms with E-state index in [1.165, 1.54) is 0 Å². The Kier molecular flexibility index (Phi) is 7.27. The van der Waals surface area contributed by atoms with Gasteiger partial charge in [-0.1, -0.05) is 6.58 Å². The van der Waals surface area contributed by atoms with Crippen molar-refractivity contribution in [3.05, 3.63) is 12.2 Å². The van der Waals surface area contributed by atoms with Gasteiger partial charge in [0.25, 0.3) is 0 Å². The van der Waals surface area contributed by atoms with Crippen LogP contribution >= 0.6 is 0 Å². The number of aliphatic hydroxyl groups excluding tert-OH is 1. The topological polar surface area (TPSA) is 83.8 Å². The van der Waals surface area contributed by atoms with Crippen LogP contribution in [0.4, 0.5) is 0 Å². The molecule has 0 unspecified atom stereocenters. The first kappa shape index (κ1) is 13.6. The highest BCUT2D eigenvalue weighted by Gasteiger charge is 2.10. The number of aliphatic carboxylic acids is 1. The summed E-state index contributed by atoms with van der Waals surface area (Å²) in [6, 6.07) is 0. The van der Waals surface area contributed by atoms with E-state index in [1.807, 2.05) is 0 Å². The van der Waals surface area contributed by atoms with Gasteiger partial charge >= 0.3 is 11.9 Å². The van der Waals surface area contributed by atoms with Gasteiger partial charge in [0, 0.05) is 12.2 Å². The molecule has 0 atom stereocenters. The van der Waals surface area contributed by atoms with Gasteiger partial charge in [0.05, 0.1) is 13.0 Å². The van der Waals surface area contributed by atoms with Crippen LogP contribution in [0.15, 0.2) is 12.2 Å². The van der Waals surface area contributed by atoms with Crippen LogP contribution in [0.3, 0.4) is 0 Å². The summed E-state index contributed by atoms with van der Waals surface area (Å²) < 4.78 is 4.76. The molecule has 2 N–H and O–H groups in total. The lowest BCUT2D eigenvalue weighted by Gasteiger charge is -2.03. The number of ether oxygens (including phenoxy) is 1. The second-order valence-corrected chi connectivity index (χ2v) is 3.09. The Bertz CT molecular complexity index is 234. The summed E-state index contributed by atoms with van der Waals surface area (Å²) in [4.78, 5) is 21.3. The molecule has 0 saturated heterocycles. The average molecular weight is 216 g/mol. The molecule has 0 amide bonds. The Morgan fingerprint density at radius 3 is 2.40 bits per heavy atom. The number of rotatable bonds is 8. The molecule has 5 heteroatoms. The summed E-state index contributed by atoms with van der Waals surface area (Å²) in [7, 11) is 0. The Labute approximate surface area is 88.4 Å². The van der Waals surface area contributed by atoms with E-state index in [0.29, 0.717) is 12.8 Å². The Balaban J connectivity index is 3.49. The van der Waals surface area contributed by atoms with E-state index in [-0.39, 0.29) is 25.2 Å². The van der Waals surface area contributed by atoms with Crippen molar-refractivity contribution < 1.29 is 24.5 Å². The zero-order chi connectivity index (χ0) is 11.7. The van der Waals surface area contributed by atoms with Gasteiger partial charge in [0.1, 0.15) is 0 Å². The largest absolute Gasteiger partial charge is 0.478 e. The molecule has 5 nitrogen and oxygen atoms in total. The molecule has 0 aromatic carbocycles. The summed E-state index contributed by atoms with van der Waals surface area (Å²) in [5.41, 5.74) is -0.171. The molecule has 86 valence electrons. The molecule has 0 rings (SSSR count). The van der Waals surface area contributed by atoms with Crippen LogP contribution in [0.1, 0.15) is 25.7 Å². The van der Waals surface area contributed by atoms with Crippen LogP contribution in [0.2, 0.25) is 0 Å². The van der Waals surface area contributed by atoms with Crippen molar-refractivity contribution in [1.29, 1.82) is 0 Å². The summed E-state index contributed by atoms with van der Waals surface area (Å²) in [5.74, 6) is -1.77. The molecule has 0 heterocycles. The monoisotopic (exact) mass is 216 g/mol. The highest BCUT2D eigenvalue weighted by molar-refractivity contribution is 5.91. The third-order valence-corrected chi connectivity index (χ3v) is 1.73. The number of carbonyl (C=O) groups excluding carboxylic acids is 1. The van der Waals surface area contributed by atoms with Gasteiger partial charge in [-0.05, 0) is 19.3 Å². The van der Waals surface area contributed by atoms with Crippen LogP contribution in [-0.4, -0.2) is 35.4 Å². The van der Waals surface area contributed by atoms with Crippen molar-refractivity contribution in [2.75, 3.05) is 13.2 Å². The number of carbonyl (C=O) groups is 2. The van der Waals surface area contributed by atoms with Gasteiger partial charge in [0.2, 0.25) is 0 Å². The van der Waals surface area contributed by atoms with Crippen LogP contribution < -0.4 is 0 Å². The first-order valence-electron chi connectivity index (χ1n) is 4.75. The number of hydrogen-bond donors (Lipinski definition) is 2. The summed E-state index contributed by atoms with van der Waals surface area (Å²) >= 11 is 0. The SMILES string of the molecule is C=C(CC(=O)OCCCCCO)C(=O)O. The minimum absolute atomic E-state index is 0.129. The molecule has 0 aliphatic carbocycles. The molecule has 0 aliphatic heterocycles. The quantitative estimate of drug-likeness (QED) is 0.355. The maximum atomic E-state index is 11.0. The normalized spacial score (nSPS) is 9.67. The van der Waals surface area contributed by atoms with Gasteiger partial charge in [-0.25, -0.2) is 4.79 Å². The number of unbranched alkanes of at least 4 members (excludes halogenated alkanes) is 2. The second kappa shape index (κ2) is 7.99. The molecule has 0 aromatic rings. The lowest BCUT2D eigenvalue weighted by molar-refractivity contribution is -0.144. The standard InChI is InChI=1S/C10H16O5/c1-8(10(13)14)7-9(12)15-6-4-2-3-5-11/h11H,1-7H2,(H,13,14). The molecule has 0 aromatic heterocycles. The van der Waals surface area contributed by atoms with Gasteiger partial charge in [-0.3, -0.25) is 4.79 Å². The summed E-state index contributed by atoms with van der Waals surface area (Å²) in [6.07, 6.45) is 1.85. The predicted molar refractivity (Wildman–Crippen MR) is 53.3 cm³/mol. The molecular formula is C10H16O5. The van der Waals surface area contributed by atoms with E-state index >= 15 is 0 Å². The third kappa shape index (κ3) is 7.69. The minimum atomic E-state index is -1.19. The first-order valence-corrected chi connectivity index (χ1v) is 4.75. The van der Waals surface area contributed by atoms with E-state index in [1.54, 1.807) is 0 Å². The highest BCUT2D eigenvalue weighted by atomic mass is 16.5. The van der Waals surface area contributed by atoms with E-state index in [9.17, 15) is 9.59 Å². The van der Waals surface area contributed by atoms with Crippen molar-refractivity contribution in [1.82, 2.24) is 0 Å². The zero-order valence-corrected chi connectivity index (χ0v) is 8.57. The van der Waals surface area contributed by atoms with Gasteiger partial charge in [-0.2, -0.15) is 0 Å². The molecular weight excluding hydrogens is 200 g/mol. The molecule has 0 aliphatic rings. The maximum absolute atomic E-state index is 11.0. The van der Waals surface area contributed by atoms with E-state index in [2.05, 4.69) is 6.58 Å². The van der Waals surface area contributed by atoms with Crippen LogP contribution in [0, 0.1) is 0 Å². The number of aliphatic hydroxyl groups is 1. The smallest absolute Gasteiger partial charge is 0.331 e. The molecule has 0 radical (unpaired) electrons. The van der Waals surface area contributed by atoms with Crippen LogP contribution in [-0.2, 0) is 14.3 Å². The third-order valence-electron chi connectivity index (χ3n) is 1.73. The molecule has 0 spiro atoms. The lowest BCUT2D eigenvalue weighted by atomic mass is 10.2. The maximum Gasteiger partial charge on any atom is 0.331 e. The second-order valence-electron chi connectivity index (χ2n) is 3.09. The predicted octanol–water partition coefficient (Wildman–Crippen LogP) is 0.723. The highest BCUT2D eigenvalue weighted by Crippen LogP contribution is 2.01. The number of carboxylic acids is 1. The number of carboxylic acid groups (broad SMARTS) is 1. The minimum Gasteiger partial charge on any atom is -0.478 e. The van der Waals surface area contributed by atoms with Crippen molar-refractivity contribution >= 4 is 11.9 Å². The van der Waals surface area contributed by atoms with Crippen LogP contribution in [0.5, 0.6) is 0 Å². The first-order chi connectivity index (χ1) is 7.07. The van der Waals surface area contributed by atoms with Crippen molar-refractivity contribution in [3.63, 3.8) is 0 Å². The van der Waals surface area contributed by atoms with Gasteiger partial charge in [-0.15, -0.1) is 0 Å². The fourth-order valence-corrected chi connectivity index (χ4v) is 0.878. The Morgan fingerprint density at radius 1 is 1.20 bits per heavy atom. The summed E-state index contributed by atoms with van der Waals surface area (Å²) in [5, 5.41) is 16.9. The number of esters is 1. The van der Waals surface area contributed by atoms with Crippen molar-refractivity contribution in [3.8, 4) is 0 Å². The Morgan fingerprint density at radius 2 is 1.87 bits per heavy atom. The summed E-state index contributed by atoms with van der Waals surface area (Å²) in [6.45, 7) is 3.60. The van der Waals surface area contributed by atoms with Crippen molar-refractivity contribution in [2.45, 2.75) is 25.7 Å². The Hall–Kier alpha value is -1.36. The van der Waals surface area contributed by atoms with E-state index < -0.39 is 11.9 Å². The van der Waals surface area contributed by atoms with Crippen LogP contribution in [0.25, 0.3) is 0 Å². The number of hydrogen-bond acceptors (Lipinski definition) is 4. The molecule has 15 heavy (non-hydrogen) atoms. The van der Waals surface area contributed by atoms with Crippen molar-refractivity contribution in [2.24, 2.45) is 0 Å². The van der Waals surface area contributed by atoms with Gasteiger partial charge < -0.3 is 14.9 Å². The van der Waals surface area contributed by atoms with E-state index in [0.717, 1.165) is 6.42 Å². The molecule has 0 saturated carbocycles. The van der Waals surface area contributed by atoms with E-state index in [4.69, 9.17) is 14.9 Å². The average Bonchev–Trinajstić information content (AvgIpc) is 2.17. The molecule has 0 bridgehead atoms. The molecule has 0 fully saturated rings. The fourth-order valence-electron chi connectivity index (χ4n) is 0.878.